The summed E-state index contributed by atoms with van der Waals surface area (Å²) in [6.07, 6.45) is -1.95. The lowest BCUT2D eigenvalue weighted by Gasteiger charge is -2.16. The van der Waals surface area contributed by atoms with Gasteiger partial charge in [-0.2, -0.15) is 0 Å². The molecule has 0 radical (unpaired) electrons. The van der Waals surface area contributed by atoms with Crippen molar-refractivity contribution in [2.24, 2.45) is 0 Å². The molecule has 1 saturated heterocycles. The molecule has 2 aromatic rings. The number of hydrogen-bond acceptors (Lipinski definition) is 10. The monoisotopic (exact) mass is 338 g/mol. The van der Waals surface area contributed by atoms with Crippen molar-refractivity contribution in [3.63, 3.8) is 0 Å². The topological polar surface area (TPSA) is 166 Å². The molecule has 11 nitrogen and oxygen atoms in total. The predicted molar refractivity (Wildman–Crippen MR) is 76.4 cm³/mol. The molecule has 2 aromatic heterocycles. The molecule has 1 aliphatic rings. The van der Waals surface area contributed by atoms with Gasteiger partial charge in [0.05, 0.1) is 12.9 Å². The molecule has 0 aromatic carbocycles. The van der Waals surface area contributed by atoms with E-state index in [4.69, 9.17) is 9.84 Å². The molecule has 0 saturated carbocycles. The summed E-state index contributed by atoms with van der Waals surface area (Å²) < 4.78 is 6.87. The predicted octanol–water partition coefficient (Wildman–Crippen LogP) is -3.01. The van der Waals surface area contributed by atoms with Crippen LogP contribution in [0, 0.1) is 0 Å². The van der Waals surface area contributed by atoms with Crippen LogP contribution in [0.3, 0.4) is 0 Å². The van der Waals surface area contributed by atoms with E-state index in [1.165, 1.54) is 17.2 Å². The molecule has 0 spiro atoms. The number of hydrogen-bond donors (Lipinski definition) is 4. The van der Waals surface area contributed by atoms with Crippen LogP contribution in [0.4, 0.5) is 5.82 Å². The van der Waals surface area contributed by atoms with Gasteiger partial charge in [0.15, 0.2) is 23.2 Å². The molecule has 1 aliphatic heterocycles. The minimum absolute atomic E-state index is 0.106. The first-order chi connectivity index (χ1) is 11.5. The average Bonchev–Trinajstić information content (AvgIpc) is 3.10. The average molecular weight is 338 g/mol. The SMILES string of the molecule is O=C([O-])CCNc1ncnc2c1ncn2C1OC(CO)C(O)C1O. The van der Waals surface area contributed by atoms with Crippen LogP contribution in [-0.4, -0.2) is 72.3 Å². The zero-order valence-corrected chi connectivity index (χ0v) is 12.4. The summed E-state index contributed by atoms with van der Waals surface area (Å²) in [6.45, 7) is -0.332. The van der Waals surface area contributed by atoms with Crippen LogP contribution in [-0.2, 0) is 9.53 Å². The number of aliphatic hydroxyl groups excluding tert-OH is 3. The lowest BCUT2D eigenvalue weighted by Crippen LogP contribution is -2.33. The Morgan fingerprint density at radius 1 is 1.33 bits per heavy atom. The van der Waals surface area contributed by atoms with Crippen LogP contribution in [0.5, 0.6) is 0 Å². The highest BCUT2D eigenvalue weighted by Crippen LogP contribution is 2.31. The van der Waals surface area contributed by atoms with Crippen molar-refractivity contribution in [1.82, 2.24) is 19.5 Å². The van der Waals surface area contributed by atoms with Crippen LogP contribution in [0.2, 0.25) is 0 Å². The van der Waals surface area contributed by atoms with Gasteiger partial charge in [-0.05, 0) is 0 Å². The van der Waals surface area contributed by atoms with Gasteiger partial charge in [-0.15, -0.1) is 0 Å². The van der Waals surface area contributed by atoms with E-state index in [1.807, 2.05) is 0 Å². The number of ether oxygens (including phenoxy) is 1. The highest BCUT2D eigenvalue weighted by Gasteiger charge is 2.44. The van der Waals surface area contributed by atoms with Crippen molar-refractivity contribution in [3.8, 4) is 0 Å². The highest BCUT2D eigenvalue weighted by atomic mass is 16.6. The third-order valence-corrected chi connectivity index (χ3v) is 3.77. The van der Waals surface area contributed by atoms with Crippen molar-refractivity contribution in [1.29, 1.82) is 0 Å². The van der Waals surface area contributed by atoms with Gasteiger partial charge in [-0.25, -0.2) is 15.0 Å². The zero-order valence-electron chi connectivity index (χ0n) is 12.4. The second-order valence-electron chi connectivity index (χ2n) is 5.32. The zero-order chi connectivity index (χ0) is 17.3. The third-order valence-electron chi connectivity index (χ3n) is 3.77. The fourth-order valence-corrected chi connectivity index (χ4v) is 2.56. The summed E-state index contributed by atoms with van der Waals surface area (Å²) in [7, 11) is 0. The first-order valence-corrected chi connectivity index (χ1v) is 7.26. The maximum Gasteiger partial charge on any atom is 0.167 e. The first kappa shape index (κ1) is 16.5. The van der Waals surface area contributed by atoms with Crippen LogP contribution in [0.15, 0.2) is 12.7 Å². The summed E-state index contributed by atoms with van der Waals surface area (Å²) in [5.74, 6) is -0.864. The fourth-order valence-electron chi connectivity index (χ4n) is 2.56. The van der Waals surface area contributed by atoms with Crippen LogP contribution in [0.1, 0.15) is 12.6 Å². The van der Waals surface area contributed by atoms with Gasteiger partial charge in [-0.3, -0.25) is 4.57 Å². The number of carbonyl (C=O) groups is 1. The Morgan fingerprint density at radius 2 is 2.12 bits per heavy atom. The van der Waals surface area contributed by atoms with Gasteiger partial charge in [0.1, 0.15) is 24.6 Å². The number of imidazole rings is 1. The van der Waals surface area contributed by atoms with E-state index in [1.54, 1.807) is 0 Å². The number of anilines is 1. The summed E-state index contributed by atoms with van der Waals surface area (Å²) in [5, 5.41) is 42.4. The lowest BCUT2D eigenvalue weighted by molar-refractivity contribution is -0.305. The molecule has 0 amide bonds. The third kappa shape index (κ3) is 2.89. The Bertz CT molecular complexity index is 737. The van der Waals surface area contributed by atoms with E-state index in [2.05, 4.69) is 20.3 Å². The van der Waals surface area contributed by atoms with Crippen molar-refractivity contribution in [2.75, 3.05) is 18.5 Å². The molecule has 4 unspecified atom stereocenters. The first-order valence-electron chi connectivity index (χ1n) is 7.26. The number of carbonyl (C=O) groups excluding carboxylic acids is 1. The van der Waals surface area contributed by atoms with Gasteiger partial charge in [0, 0.05) is 18.9 Å². The molecule has 4 atom stereocenters. The number of aliphatic carboxylic acids is 1. The second kappa shape index (κ2) is 6.65. The number of rotatable bonds is 6. The Balaban J connectivity index is 1.87. The van der Waals surface area contributed by atoms with Crippen LogP contribution in [0.25, 0.3) is 11.2 Å². The van der Waals surface area contributed by atoms with E-state index in [0.717, 1.165) is 0 Å². The maximum absolute atomic E-state index is 10.5. The van der Waals surface area contributed by atoms with Crippen LogP contribution >= 0.6 is 0 Å². The number of nitrogens with zero attached hydrogens (tertiary/aromatic N) is 4. The number of carboxylic acid groups (broad SMARTS) is 1. The molecule has 0 aliphatic carbocycles. The fraction of sp³-hybridized carbons (Fsp3) is 0.538. The molecular formula is C13H16N5O6-. The quantitative estimate of drug-likeness (QED) is 0.426. The Labute approximate surface area is 135 Å². The molecule has 0 bridgehead atoms. The molecule has 24 heavy (non-hydrogen) atoms. The van der Waals surface area contributed by atoms with Gasteiger partial charge in [0.2, 0.25) is 0 Å². The van der Waals surface area contributed by atoms with Gasteiger partial charge in [0.25, 0.3) is 0 Å². The summed E-state index contributed by atoms with van der Waals surface area (Å²) in [4.78, 5) is 22.7. The molecule has 3 rings (SSSR count). The van der Waals surface area contributed by atoms with E-state index < -0.39 is 37.1 Å². The highest BCUT2D eigenvalue weighted by molar-refractivity contribution is 5.82. The molecule has 130 valence electrons. The minimum Gasteiger partial charge on any atom is -0.550 e. The largest absolute Gasteiger partial charge is 0.550 e. The standard InChI is InChI=1S/C13H17N5O6/c19-3-6-9(22)10(23)13(24-6)18-5-17-8-11(14-2-1-7(20)21)15-4-16-12(8)18/h4-6,9-10,13,19,22-23H,1-3H2,(H,20,21)(H,14,15,16)/p-1. The Kier molecular flexibility index (Phi) is 4.57. The van der Waals surface area contributed by atoms with Gasteiger partial charge < -0.3 is 35.3 Å². The number of aliphatic hydroxyl groups is 3. The van der Waals surface area contributed by atoms with Gasteiger partial charge in [-0.1, -0.05) is 0 Å². The Hall–Kier alpha value is -2.34. The molecular weight excluding hydrogens is 322 g/mol. The normalized spacial score (nSPS) is 26.8. The van der Waals surface area contributed by atoms with E-state index in [0.29, 0.717) is 17.0 Å². The van der Waals surface area contributed by atoms with Crippen molar-refractivity contribution < 1.29 is 30.0 Å². The number of aromatic nitrogens is 4. The van der Waals surface area contributed by atoms with Crippen molar-refractivity contribution >= 4 is 23.0 Å². The second-order valence-corrected chi connectivity index (χ2v) is 5.32. The van der Waals surface area contributed by atoms with E-state index >= 15 is 0 Å². The van der Waals surface area contributed by atoms with Crippen molar-refractivity contribution in [2.45, 2.75) is 31.0 Å². The van der Waals surface area contributed by atoms with E-state index in [9.17, 15) is 20.1 Å². The lowest BCUT2D eigenvalue weighted by atomic mass is 10.1. The summed E-state index contributed by atoms with van der Waals surface area (Å²) in [6, 6.07) is 0. The van der Waals surface area contributed by atoms with Gasteiger partial charge >= 0.3 is 0 Å². The van der Waals surface area contributed by atoms with Crippen LogP contribution < -0.4 is 10.4 Å². The molecule has 1 fully saturated rings. The molecule has 11 heteroatoms. The Morgan fingerprint density at radius 3 is 2.79 bits per heavy atom. The minimum atomic E-state index is -1.26. The summed E-state index contributed by atoms with van der Waals surface area (Å²) >= 11 is 0. The smallest absolute Gasteiger partial charge is 0.167 e. The molecule has 4 N–H and O–H groups in total. The molecule has 3 heterocycles. The number of fused-ring (bicyclic) bond motifs is 1. The van der Waals surface area contributed by atoms with Crippen molar-refractivity contribution in [3.05, 3.63) is 12.7 Å². The summed E-state index contributed by atoms with van der Waals surface area (Å²) in [5.41, 5.74) is 0.685. The number of nitrogens with one attached hydrogen (secondary N) is 1. The number of carboxylic acids is 1. The maximum atomic E-state index is 10.5. The van der Waals surface area contributed by atoms with E-state index in [-0.39, 0.29) is 13.0 Å².